The summed E-state index contributed by atoms with van der Waals surface area (Å²) in [5, 5.41) is 0.602. The largest absolute Gasteiger partial charge is 0.490 e. The molecule has 0 atom stereocenters. The summed E-state index contributed by atoms with van der Waals surface area (Å²) in [5.74, 6) is -1.32. The summed E-state index contributed by atoms with van der Waals surface area (Å²) in [6.07, 6.45) is -4.53. The first-order chi connectivity index (χ1) is 16.0. The Labute approximate surface area is 193 Å². The lowest BCUT2D eigenvalue weighted by Crippen LogP contribution is -2.11. The molecule has 0 saturated carbocycles. The molecule has 34 heavy (non-hydrogen) atoms. The molecule has 0 radical (unpaired) electrons. The summed E-state index contributed by atoms with van der Waals surface area (Å²) in [6.45, 7) is 9.86. The summed E-state index contributed by atoms with van der Waals surface area (Å²) in [6, 6.07) is 5.84. The molecular formula is C25H23F3O6. The van der Waals surface area contributed by atoms with Crippen molar-refractivity contribution in [2.45, 2.75) is 32.9 Å². The van der Waals surface area contributed by atoms with Crippen LogP contribution >= 0.6 is 0 Å². The molecule has 0 aliphatic carbocycles. The Kier molecular flexibility index (Phi) is 7.04. The van der Waals surface area contributed by atoms with Crippen LogP contribution in [0, 0.1) is 0 Å². The standard InChI is InChI=1S/C25H23F3O6/c1-13(2)23(29)32-12-6-7-15-8-9-16-17-10-11-18(33-24(30)14(3)4)22(31-5)21(17)34-20(16)19(15)25(26,27)28/h8-11H,1,3,6-7,12H2,2,4-5H3. The van der Waals surface area contributed by atoms with Gasteiger partial charge in [0, 0.05) is 21.9 Å². The van der Waals surface area contributed by atoms with E-state index >= 15 is 0 Å². The van der Waals surface area contributed by atoms with Crippen molar-refractivity contribution in [2.75, 3.05) is 13.7 Å². The highest BCUT2D eigenvalue weighted by Gasteiger charge is 2.37. The van der Waals surface area contributed by atoms with Crippen molar-refractivity contribution in [2.24, 2.45) is 0 Å². The molecule has 0 N–H and O–H groups in total. The zero-order valence-electron chi connectivity index (χ0n) is 18.9. The number of furan rings is 1. The molecule has 2 aromatic carbocycles. The number of ether oxygens (including phenoxy) is 3. The lowest BCUT2D eigenvalue weighted by molar-refractivity contribution is -0.140. The van der Waals surface area contributed by atoms with Crippen LogP contribution in [0.4, 0.5) is 13.2 Å². The van der Waals surface area contributed by atoms with Crippen LogP contribution in [0.3, 0.4) is 0 Å². The Morgan fingerprint density at radius 1 is 0.971 bits per heavy atom. The van der Waals surface area contributed by atoms with E-state index in [2.05, 4.69) is 13.2 Å². The summed E-state index contributed by atoms with van der Waals surface area (Å²) >= 11 is 0. The first-order valence-corrected chi connectivity index (χ1v) is 10.3. The minimum Gasteiger partial charge on any atom is -0.490 e. The topological polar surface area (TPSA) is 75.0 Å². The molecule has 0 fully saturated rings. The van der Waals surface area contributed by atoms with Crippen LogP contribution in [0.2, 0.25) is 0 Å². The first kappa shape index (κ1) is 24.9. The van der Waals surface area contributed by atoms with Gasteiger partial charge < -0.3 is 18.6 Å². The van der Waals surface area contributed by atoms with Crippen LogP contribution in [0.25, 0.3) is 21.9 Å². The molecule has 9 heteroatoms. The molecule has 0 saturated heterocycles. The van der Waals surface area contributed by atoms with Gasteiger partial charge in [0.25, 0.3) is 0 Å². The van der Waals surface area contributed by atoms with Crippen LogP contribution in [0.5, 0.6) is 11.5 Å². The predicted molar refractivity (Wildman–Crippen MR) is 120 cm³/mol. The third-order valence-electron chi connectivity index (χ3n) is 5.03. The van der Waals surface area contributed by atoms with Gasteiger partial charge in [0.15, 0.2) is 11.3 Å². The van der Waals surface area contributed by atoms with E-state index in [1.54, 1.807) is 0 Å². The number of esters is 2. The number of methoxy groups -OCH3 is 1. The van der Waals surface area contributed by atoms with Crippen LogP contribution in [-0.2, 0) is 26.9 Å². The van der Waals surface area contributed by atoms with Gasteiger partial charge in [-0.25, -0.2) is 9.59 Å². The van der Waals surface area contributed by atoms with E-state index in [9.17, 15) is 22.8 Å². The number of alkyl halides is 3. The maximum Gasteiger partial charge on any atom is 0.420 e. The van der Waals surface area contributed by atoms with Gasteiger partial charge in [-0.1, -0.05) is 25.3 Å². The van der Waals surface area contributed by atoms with Gasteiger partial charge in [-0.2, -0.15) is 13.2 Å². The van der Waals surface area contributed by atoms with Gasteiger partial charge in [-0.15, -0.1) is 0 Å². The summed E-state index contributed by atoms with van der Waals surface area (Å²) < 4.78 is 63.5. The van der Waals surface area contributed by atoms with Crippen LogP contribution in [-0.4, -0.2) is 25.7 Å². The monoisotopic (exact) mass is 476 g/mol. The molecule has 3 aromatic rings. The normalized spacial score (nSPS) is 11.5. The van der Waals surface area contributed by atoms with Crippen molar-refractivity contribution in [1.29, 1.82) is 0 Å². The van der Waals surface area contributed by atoms with Crippen molar-refractivity contribution < 1.29 is 41.4 Å². The van der Waals surface area contributed by atoms with E-state index in [1.165, 1.54) is 45.2 Å². The number of benzene rings is 2. The fraction of sp³-hybridized carbons (Fsp3) is 0.280. The van der Waals surface area contributed by atoms with Crippen molar-refractivity contribution in [1.82, 2.24) is 0 Å². The molecule has 0 aliphatic rings. The van der Waals surface area contributed by atoms with Crippen LogP contribution in [0.1, 0.15) is 31.4 Å². The van der Waals surface area contributed by atoms with Crippen LogP contribution in [0.15, 0.2) is 53.0 Å². The van der Waals surface area contributed by atoms with Crippen molar-refractivity contribution in [3.63, 3.8) is 0 Å². The fourth-order valence-corrected chi connectivity index (χ4v) is 3.43. The average Bonchev–Trinajstić information content (AvgIpc) is 3.13. The molecule has 3 rings (SSSR count). The van der Waals surface area contributed by atoms with E-state index in [-0.39, 0.29) is 64.2 Å². The van der Waals surface area contributed by atoms with Crippen molar-refractivity contribution in [3.05, 3.63) is 59.7 Å². The lowest BCUT2D eigenvalue weighted by atomic mass is 9.99. The number of carbonyl (C=O) groups is 2. The number of fused-ring (bicyclic) bond motifs is 3. The van der Waals surface area contributed by atoms with Gasteiger partial charge in [-0.3, -0.25) is 0 Å². The highest BCUT2D eigenvalue weighted by molar-refractivity contribution is 6.09. The minimum absolute atomic E-state index is 0.00155. The molecule has 0 bridgehead atoms. The number of carbonyl (C=O) groups excluding carboxylic acids is 2. The van der Waals surface area contributed by atoms with E-state index in [1.807, 2.05) is 0 Å². The number of aryl methyl sites for hydroxylation is 1. The van der Waals surface area contributed by atoms with Gasteiger partial charge in [0.05, 0.1) is 13.7 Å². The Bertz CT molecular complexity index is 1300. The third-order valence-corrected chi connectivity index (χ3v) is 5.03. The maximum absolute atomic E-state index is 14.1. The zero-order chi connectivity index (χ0) is 25.2. The van der Waals surface area contributed by atoms with Crippen molar-refractivity contribution >= 4 is 33.9 Å². The van der Waals surface area contributed by atoms with E-state index in [4.69, 9.17) is 18.6 Å². The van der Waals surface area contributed by atoms with Gasteiger partial charge >= 0.3 is 18.1 Å². The molecule has 6 nitrogen and oxygen atoms in total. The Morgan fingerprint density at radius 2 is 1.59 bits per heavy atom. The van der Waals surface area contributed by atoms with Gasteiger partial charge in [-0.05, 0) is 44.4 Å². The summed E-state index contributed by atoms with van der Waals surface area (Å²) in [4.78, 5) is 23.4. The predicted octanol–water partition coefficient (Wildman–Crippen LogP) is 6.15. The third kappa shape index (κ3) is 4.93. The number of halogens is 3. The second kappa shape index (κ2) is 9.62. The van der Waals surface area contributed by atoms with Gasteiger partial charge in [0.2, 0.25) is 5.75 Å². The minimum atomic E-state index is -4.71. The summed E-state index contributed by atoms with van der Waals surface area (Å²) in [5.41, 5.74) is -0.914. The molecule has 180 valence electrons. The second-order valence-electron chi connectivity index (χ2n) is 7.74. The molecule has 1 heterocycles. The molecule has 0 aliphatic heterocycles. The second-order valence-corrected chi connectivity index (χ2v) is 7.74. The Hall–Kier alpha value is -3.75. The zero-order valence-corrected chi connectivity index (χ0v) is 18.9. The number of hydrogen-bond acceptors (Lipinski definition) is 6. The van der Waals surface area contributed by atoms with E-state index in [0.717, 1.165) is 0 Å². The van der Waals surface area contributed by atoms with E-state index < -0.39 is 23.7 Å². The number of rotatable bonds is 8. The average molecular weight is 476 g/mol. The fourth-order valence-electron chi connectivity index (χ4n) is 3.43. The molecule has 0 spiro atoms. The van der Waals surface area contributed by atoms with Crippen LogP contribution < -0.4 is 9.47 Å². The quantitative estimate of drug-likeness (QED) is 0.168. The molecule has 1 aromatic heterocycles. The maximum atomic E-state index is 14.1. The highest BCUT2D eigenvalue weighted by atomic mass is 19.4. The molecular weight excluding hydrogens is 453 g/mol. The van der Waals surface area contributed by atoms with Gasteiger partial charge in [0.1, 0.15) is 11.1 Å². The smallest absolute Gasteiger partial charge is 0.420 e. The molecule has 0 amide bonds. The SMILES string of the molecule is C=C(C)C(=O)OCCCc1ccc2c(oc3c(OC)c(OC(=O)C(=C)C)ccc32)c1C(F)(F)F. The number of hydrogen-bond donors (Lipinski definition) is 0. The Balaban J connectivity index is 2.07. The van der Waals surface area contributed by atoms with E-state index in [0.29, 0.717) is 5.39 Å². The summed E-state index contributed by atoms with van der Waals surface area (Å²) in [7, 11) is 1.29. The molecule has 0 unspecified atom stereocenters. The van der Waals surface area contributed by atoms with Crippen molar-refractivity contribution in [3.8, 4) is 11.5 Å². The lowest BCUT2D eigenvalue weighted by Gasteiger charge is -2.13. The highest BCUT2D eigenvalue weighted by Crippen LogP contribution is 2.45. The Morgan fingerprint density at radius 3 is 2.18 bits per heavy atom. The first-order valence-electron chi connectivity index (χ1n) is 10.3.